The monoisotopic (exact) mass is 220 g/mol. The number of hydrogen-bond donors (Lipinski definition) is 2. The summed E-state index contributed by atoms with van der Waals surface area (Å²) in [6.07, 6.45) is 1.34. The van der Waals surface area contributed by atoms with Crippen molar-refractivity contribution in [2.24, 2.45) is 0 Å². The number of aromatic amines is 1. The Morgan fingerprint density at radius 3 is 2.94 bits per heavy atom. The van der Waals surface area contributed by atoms with Crippen LogP contribution in [0.1, 0.15) is 16.2 Å². The van der Waals surface area contributed by atoms with Crippen LogP contribution in [0.2, 0.25) is 0 Å². The third-order valence-electron chi connectivity index (χ3n) is 2.00. The highest BCUT2D eigenvalue weighted by atomic mass is 19.1. The zero-order valence-corrected chi connectivity index (χ0v) is 8.27. The van der Waals surface area contributed by atoms with Crippen LogP contribution in [0, 0.1) is 5.82 Å². The lowest BCUT2D eigenvalue weighted by molar-refractivity contribution is 0.0946. The van der Waals surface area contributed by atoms with Crippen molar-refractivity contribution in [2.45, 2.75) is 6.54 Å². The number of halogens is 1. The van der Waals surface area contributed by atoms with Gasteiger partial charge >= 0.3 is 0 Å². The molecule has 0 saturated carbocycles. The topological polar surface area (TPSA) is 70.7 Å². The first-order chi connectivity index (χ1) is 7.77. The Morgan fingerprint density at radius 2 is 2.25 bits per heavy atom. The molecule has 0 bridgehead atoms. The van der Waals surface area contributed by atoms with Crippen molar-refractivity contribution in [3.63, 3.8) is 0 Å². The van der Waals surface area contributed by atoms with Gasteiger partial charge in [0.15, 0.2) is 0 Å². The van der Waals surface area contributed by atoms with E-state index in [1.54, 1.807) is 6.07 Å². The van der Waals surface area contributed by atoms with Crippen LogP contribution in [0.5, 0.6) is 0 Å². The molecule has 0 aliphatic heterocycles. The summed E-state index contributed by atoms with van der Waals surface area (Å²) in [5.74, 6) is -0.503. The number of aromatic nitrogens is 3. The van der Waals surface area contributed by atoms with E-state index < -0.39 is 11.7 Å². The zero-order chi connectivity index (χ0) is 11.4. The predicted molar refractivity (Wildman–Crippen MR) is 54.0 cm³/mol. The van der Waals surface area contributed by atoms with Gasteiger partial charge < -0.3 is 5.32 Å². The van der Waals surface area contributed by atoms with Crippen LogP contribution in [-0.4, -0.2) is 21.1 Å². The van der Waals surface area contributed by atoms with Gasteiger partial charge in [-0.15, -0.1) is 0 Å². The van der Waals surface area contributed by atoms with Gasteiger partial charge in [0.2, 0.25) is 0 Å². The fourth-order valence-electron chi connectivity index (χ4n) is 1.22. The molecular formula is C10H9FN4O. The van der Waals surface area contributed by atoms with Crippen LogP contribution in [-0.2, 0) is 6.54 Å². The highest BCUT2D eigenvalue weighted by Gasteiger charge is 2.10. The molecule has 16 heavy (non-hydrogen) atoms. The number of H-pyrrole nitrogens is 1. The van der Waals surface area contributed by atoms with E-state index in [1.807, 2.05) is 0 Å². The lowest BCUT2D eigenvalue weighted by Crippen LogP contribution is -2.24. The van der Waals surface area contributed by atoms with Crippen LogP contribution in [0.15, 0.2) is 30.6 Å². The molecule has 6 heteroatoms. The standard InChI is InChI=1S/C10H9FN4O/c11-8-4-2-1-3-7(8)10(16)12-5-9-13-6-14-15-9/h1-4,6H,5H2,(H,12,16)(H,13,14,15). The molecule has 0 atom stereocenters. The van der Waals surface area contributed by atoms with Crippen molar-refractivity contribution in [2.75, 3.05) is 0 Å². The number of nitrogens with zero attached hydrogens (tertiary/aromatic N) is 2. The van der Waals surface area contributed by atoms with Gasteiger partial charge in [-0.25, -0.2) is 9.37 Å². The van der Waals surface area contributed by atoms with Gasteiger partial charge in [-0.05, 0) is 12.1 Å². The maximum absolute atomic E-state index is 13.2. The van der Waals surface area contributed by atoms with Gasteiger partial charge in [-0.2, -0.15) is 5.10 Å². The van der Waals surface area contributed by atoms with E-state index >= 15 is 0 Å². The van der Waals surface area contributed by atoms with Crippen LogP contribution in [0.3, 0.4) is 0 Å². The average molecular weight is 220 g/mol. The summed E-state index contributed by atoms with van der Waals surface area (Å²) in [4.78, 5) is 15.4. The lowest BCUT2D eigenvalue weighted by atomic mass is 10.2. The Bertz CT molecular complexity index is 483. The average Bonchev–Trinajstić information content (AvgIpc) is 2.79. The van der Waals surface area contributed by atoms with Gasteiger partial charge in [0, 0.05) is 0 Å². The molecule has 0 saturated heterocycles. The van der Waals surface area contributed by atoms with E-state index in [4.69, 9.17) is 0 Å². The fraction of sp³-hybridized carbons (Fsp3) is 0.100. The number of carbonyl (C=O) groups excluding carboxylic acids is 1. The van der Waals surface area contributed by atoms with Crippen molar-refractivity contribution >= 4 is 5.91 Å². The summed E-state index contributed by atoms with van der Waals surface area (Å²) in [7, 11) is 0. The first-order valence-electron chi connectivity index (χ1n) is 4.64. The molecule has 0 fully saturated rings. The molecule has 1 heterocycles. The van der Waals surface area contributed by atoms with Gasteiger partial charge in [0.25, 0.3) is 5.91 Å². The summed E-state index contributed by atoms with van der Waals surface area (Å²) in [5.41, 5.74) is 0.0158. The minimum Gasteiger partial charge on any atom is -0.345 e. The van der Waals surface area contributed by atoms with Crippen molar-refractivity contribution in [1.29, 1.82) is 0 Å². The number of amides is 1. The Hall–Kier alpha value is -2.24. The number of hydrogen-bond acceptors (Lipinski definition) is 3. The molecule has 2 aromatic rings. The van der Waals surface area contributed by atoms with E-state index in [0.29, 0.717) is 5.82 Å². The molecule has 0 aliphatic carbocycles. The summed E-state index contributed by atoms with van der Waals surface area (Å²) < 4.78 is 13.2. The van der Waals surface area contributed by atoms with E-state index in [2.05, 4.69) is 20.5 Å². The van der Waals surface area contributed by atoms with Crippen LogP contribution < -0.4 is 5.32 Å². The molecule has 1 amide bonds. The third-order valence-corrected chi connectivity index (χ3v) is 2.00. The normalized spacial score (nSPS) is 10.1. The number of carbonyl (C=O) groups is 1. The lowest BCUT2D eigenvalue weighted by Gasteiger charge is -2.03. The molecule has 0 aliphatic rings. The Balaban J connectivity index is 2.01. The quantitative estimate of drug-likeness (QED) is 0.806. The van der Waals surface area contributed by atoms with Crippen LogP contribution >= 0.6 is 0 Å². The molecule has 0 spiro atoms. The minimum absolute atomic E-state index is 0.0158. The van der Waals surface area contributed by atoms with Crippen molar-refractivity contribution in [1.82, 2.24) is 20.5 Å². The Morgan fingerprint density at radius 1 is 1.44 bits per heavy atom. The number of nitrogens with one attached hydrogen (secondary N) is 2. The van der Waals surface area contributed by atoms with Crippen molar-refractivity contribution in [3.05, 3.63) is 47.8 Å². The van der Waals surface area contributed by atoms with E-state index in [-0.39, 0.29) is 12.1 Å². The maximum atomic E-state index is 13.2. The van der Waals surface area contributed by atoms with Gasteiger partial charge in [0.05, 0.1) is 12.1 Å². The van der Waals surface area contributed by atoms with Crippen LogP contribution in [0.4, 0.5) is 4.39 Å². The molecule has 0 radical (unpaired) electrons. The first kappa shape index (κ1) is 10.3. The highest BCUT2D eigenvalue weighted by Crippen LogP contribution is 2.05. The maximum Gasteiger partial charge on any atom is 0.254 e. The van der Waals surface area contributed by atoms with Crippen LogP contribution in [0.25, 0.3) is 0 Å². The second kappa shape index (κ2) is 4.52. The second-order valence-corrected chi connectivity index (χ2v) is 3.09. The highest BCUT2D eigenvalue weighted by molar-refractivity contribution is 5.94. The molecule has 1 aromatic heterocycles. The summed E-state index contributed by atoms with van der Waals surface area (Å²) in [5, 5.41) is 8.75. The molecular weight excluding hydrogens is 211 g/mol. The molecule has 0 unspecified atom stereocenters. The van der Waals surface area contributed by atoms with E-state index in [1.165, 1.54) is 24.5 Å². The third kappa shape index (κ3) is 2.22. The zero-order valence-electron chi connectivity index (χ0n) is 8.27. The van der Waals surface area contributed by atoms with Gasteiger partial charge in [0.1, 0.15) is 18.0 Å². The molecule has 82 valence electrons. The predicted octanol–water partition coefficient (Wildman–Crippen LogP) is 0.874. The van der Waals surface area contributed by atoms with Gasteiger partial charge in [-0.1, -0.05) is 12.1 Å². The molecule has 2 N–H and O–H groups in total. The Labute approximate surface area is 90.7 Å². The molecule has 2 rings (SSSR count). The second-order valence-electron chi connectivity index (χ2n) is 3.09. The number of rotatable bonds is 3. The van der Waals surface area contributed by atoms with Gasteiger partial charge in [-0.3, -0.25) is 9.89 Å². The SMILES string of the molecule is O=C(NCc1ncn[nH]1)c1ccccc1F. The summed E-state index contributed by atoms with van der Waals surface area (Å²) in [6, 6.07) is 5.80. The minimum atomic E-state index is -0.544. The fourth-order valence-corrected chi connectivity index (χ4v) is 1.22. The Kier molecular flexibility index (Phi) is 2.90. The smallest absolute Gasteiger partial charge is 0.254 e. The molecule has 1 aromatic carbocycles. The largest absolute Gasteiger partial charge is 0.345 e. The number of benzene rings is 1. The van der Waals surface area contributed by atoms with Crippen molar-refractivity contribution < 1.29 is 9.18 Å². The summed E-state index contributed by atoms with van der Waals surface area (Å²) in [6.45, 7) is 0.188. The van der Waals surface area contributed by atoms with E-state index in [9.17, 15) is 9.18 Å². The van der Waals surface area contributed by atoms with Crippen molar-refractivity contribution in [3.8, 4) is 0 Å². The molecule has 5 nitrogen and oxygen atoms in total. The first-order valence-corrected chi connectivity index (χ1v) is 4.64. The van der Waals surface area contributed by atoms with E-state index in [0.717, 1.165) is 0 Å². The summed E-state index contributed by atoms with van der Waals surface area (Å²) >= 11 is 0.